The van der Waals surface area contributed by atoms with Gasteiger partial charge in [-0.1, -0.05) is 0 Å². The van der Waals surface area contributed by atoms with Gasteiger partial charge in [-0.25, -0.2) is 0 Å². The molecule has 12 heavy (non-hydrogen) atoms. The third kappa shape index (κ3) is 0.874. The Labute approximate surface area is 71.7 Å². The minimum absolute atomic E-state index is 0.0561. The van der Waals surface area contributed by atoms with Gasteiger partial charge < -0.3 is 0 Å². The van der Waals surface area contributed by atoms with Gasteiger partial charge in [0.05, 0.1) is 0 Å². The van der Waals surface area contributed by atoms with E-state index in [4.69, 9.17) is 0 Å². The summed E-state index contributed by atoms with van der Waals surface area (Å²) in [6, 6.07) is 0. The first-order valence-electron chi connectivity index (χ1n) is 3.91. The van der Waals surface area contributed by atoms with Crippen molar-refractivity contribution in [2.24, 2.45) is 11.0 Å². The van der Waals surface area contributed by atoms with E-state index in [9.17, 15) is 4.79 Å². The van der Waals surface area contributed by atoms with Gasteiger partial charge >= 0.3 is 70.8 Å². The topological polar surface area (TPSA) is 32.7 Å². The molecule has 2 rings (SSSR count). The van der Waals surface area contributed by atoms with Crippen LogP contribution >= 0.6 is 0 Å². The van der Waals surface area contributed by atoms with Crippen molar-refractivity contribution in [2.75, 3.05) is 7.05 Å². The molecular weight excluding hydrogens is 151 g/mol. The SMILES string of the molecule is CC1=NN(C)C(=O)C2C=CB=C12. The van der Waals surface area contributed by atoms with Crippen molar-refractivity contribution < 1.29 is 4.79 Å². The molecule has 0 aromatic rings. The van der Waals surface area contributed by atoms with Crippen molar-refractivity contribution in [2.45, 2.75) is 6.92 Å². The number of carbonyl (C=O) groups excluding carboxylic acids is 1. The standard InChI is InChI=1S/C8H9BN2O/c1-5-7-6(3-4-9-7)8(12)11(2)10-5/h3-4,6H,1-2H3. The molecule has 0 radical (unpaired) electrons. The van der Waals surface area contributed by atoms with E-state index in [0.29, 0.717) is 0 Å². The third-order valence-corrected chi connectivity index (χ3v) is 2.22. The number of carbonyl (C=O) groups is 1. The molecule has 2 heterocycles. The first-order valence-corrected chi connectivity index (χ1v) is 3.91. The zero-order chi connectivity index (χ0) is 8.72. The number of amides is 1. The quantitative estimate of drug-likeness (QED) is 0.453. The van der Waals surface area contributed by atoms with E-state index in [1.165, 1.54) is 5.01 Å². The molecule has 4 heteroatoms. The Bertz CT molecular complexity index is 330. The molecule has 60 valence electrons. The average Bonchev–Trinajstić information content (AvgIpc) is 2.48. The summed E-state index contributed by atoms with van der Waals surface area (Å²) in [4.78, 5) is 11.5. The number of fused-ring (bicyclic) bond motifs is 1. The molecule has 0 aliphatic carbocycles. The van der Waals surface area contributed by atoms with E-state index >= 15 is 0 Å². The van der Waals surface area contributed by atoms with Gasteiger partial charge in [0.1, 0.15) is 0 Å². The molecular formula is C8H9BN2O. The Morgan fingerprint density at radius 1 is 1.67 bits per heavy atom. The molecule has 0 N–H and O–H groups in total. The second-order valence-electron chi connectivity index (χ2n) is 3.03. The summed E-state index contributed by atoms with van der Waals surface area (Å²) < 4.78 is 0. The van der Waals surface area contributed by atoms with Crippen molar-refractivity contribution in [3.63, 3.8) is 0 Å². The fourth-order valence-corrected chi connectivity index (χ4v) is 1.57. The predicted octanol–water partition coefficient (Wildman–Crippen LogP) is -0.146. The first kappa shape index (κ1) is 7.46. The molecule has 1 amide bonds. The summed E-state index contributed by atoms with van der Waals surface area (Å²) in [5.74, 6) is 1.89. The van der Waals surface area contributed by atoms with Gasteiger partial charge in [0.2, 0.25) is 0 Å². The molecule has 1 unspecified atom stereocenters. The Morgan fingerprint density at radius 2 is 2.42 bits per heavy atom. The van der Waals surface area contributed by atoms with Crippen LogP contribution in [0.3, 0.4) is 0 Å². The van der Waals surface area contributed by atoms with Crippen LogP contribution in [0.5, 0.6) is 0 Å². The predicted molar refractivity (Wildman–Crippen MR) is 49.3 cm³/mol. The van der Waals surface area contributed by atoms with Crippen LogP contribution in [0.2, 0.25) is 0 Å². The summed E-state index contributed by atoms with van der Waals surface area (Å²) in [5.41, 5.74) is 1.98. The fraction of sp³-hybridized carbons (Fsp3) is 0.375. The second kappa shape index (κ2) is 2.40. The Morgan fingerprint density at radius 3 is 3.17 bits per heavy atom. The molecule has 0 saturated heterocycles. The zero-order valence-electron chi connectivity index (χ0n) is 7.11. The van der Waals surface area contributed by atoms with Crippen molar-refractivity contribution in [1.29, 1.82) is 0 Å². The van der Waals surface area contributed by atoms with Crippen molar-refractivity contribution in [3.05, 3.63) is 12.1 Å². The van der Waals surface area contributed by atoms with Gasteiger partial charge in [-0.3, -0.25) is 0 Å². The number of nitrogens with zero attached hydrogens (tertiary/aromatic N) is 2. The van der Waals surface area contributed by atoms with Crippen LogP contribution in [0.15, 0.2) is 17.2 Å². The van der Waals surface area contributed by atoms with E-state index in [2.05, 4.69) is 5.10 Å². The molecule has 2 aliphatic rings. The molecule has 1 atom stereocenters. The molecule has 3 nitrogen and oxygen atoms in total. The fourth-order valence-electron chi connectivity index (χ4n) is 1.57. The molecule has 0 bridgehead atoms. The van der Waals surface area contributed by atoms with Crippen molar-refractivity contribution in [1.82, 2.24) is 5.01 Å². The van der Waals surface area contributed by atoms with Crippen LogP contribution in [0, 0.1) is 5.92 Å². The zero-order valence-corrected chi connectivity index (χ0v) is 7.11. The van der Waals surface area contributed by atoms with Crippen molar-refractivity contribution >= 4 is 24.0 Å². The van der Waals surface area contributed by atoms with Crippen LogP contribution in [-0.2, 0) is 4.79 Å². The normalized spacial score (nSPS) is 26.3. The Balaban J connectivity index is 2.47. The monoisotopic (exact) mass is 160 g/mol. The van der Waals surface area contributed by atoms with Crippen LogP contribution in [-0.4, -0.2) is 36.1 Å². The van der Waals surface area contributed by atoms with Gasteiger partial charge in [-0.05, 0) is 0 Å². The Kier molecular flexibility index (Phi) is 1.49. The van der Waals surface area contributed by atoms with Gasteiger partial charge in [-0.15, -0.1) is 0 Å². The summed E-state index contributed by atoms with van der Waals surface area (Å²) in [7, 11) is 1.69. The number of rotatable bonds is 0. The first-order chi connectivity index (χ1) is 5.70. The number of hydrogen-bond donors (Lipinski definition) is 0. The van der Waals surface area contributed by atoms with Gasteiger partial charge in [-0.2, -0.15) is 0 Å². The van der Waals surface area contributed by atoms with Gasteiger partial charge in [0.15, 0.2) is 0 Å². The van der Waals surface area contributed by atoms with Crippen LogP contribution in [0.4, 0.5) is 0 Å². The number of hydrazone groups is 1. The molecule has 0 spiro atoms. The summed E-state index contributed by atoms with van der Waals surface area (Å²) >= 11 is 0. The minimum atomic E-state index is -0.0764. The van der Waals surface area contributed by atoms with Crippen molar-refractivity contribution in [3.8, 4) is 0 Å². The van der Waals surface area contributed by atoms with Gasteiger partial charge in [0.25, 0.3) is 0 Å². The maximum atomic E-state index is 11.5. The van der Waals surface area contributed by atoms with E-state index in [1.807, 2.05) is 25.9 Å². The van der Waals surface area contributed by atoms with E-state index < -0.39 is 0 Å². The second-order valence-corrected chi connectivity index (χ2v) is 3.03. The molecule has 0 saturated carbocycles. The van der Waals surface area contributed by atoms with E-state index in [0.717, 1.165) is 11.2 Å². The maximum absolute atomic E-state index is 11.5. The van der Waals surface area contributed by atoms with Gasteiger partial charge in [0, 0.05) is 0 Å². The third-order valence-electron chi connectivity index (χ3n) is 2.22. The summed E-state index contributed by atoms with van der Waals surface area (Å²) in [5, 5.41) is 5.51. The van der Waals surface area contributed by atoms with Crippen LogP contribution < -0.4 is 0 Å². The number of hydrogen-bond acceptors (Lipinski definition) is 2. The molecule has 2 aliphatic heterocycles. The average molecular weight is 160 g/mol. The van der Waals surface area contributed by atoms with Crippen LogP contribution in [0.25, 0.3) is 0 Å². The van der Waals surface area contributed by atoms with E-state index in [1.54, 1.807) is 7.05 Å². The summed E-state index contributed by atoms with van der Waals surface area (Å²) in [6.07, 6.45) is 1.91. The molecule has 0 fully saturated rings. The summed E-state index contributed by atoms with van der Waals surface area (Å²) in [6.45, 7) is 3.88. The van der Waals surface area contributed by atoms with Crippen LogP contribution in [0.1, 0.15) is 6.92 Å². The Hall–Kier alpha value is -1.19. The molecule has 0 aromatic carbocycles. The van der Waals surface area contributed by atoms with E-state index in [-0.39, 0.29) is 11.8 Å². The molecule has 0 aromatic heterocycles.